The molecule has 0 bridgehead atoms. The molecule has 0 unspecified atom stereocenters. The SMILES string of the molecule is Nc1ccc2oc(Sc3nnnn3C3CCCC3)nc2c1. The molecule has 8 heteroatoms. The zero-order chi connectivity index (χ0) is 14.2. The molecule has 0 spiro atoms. The summed E-state index contributed by atoms with van der Waals surface area (Å²) in [6.45, 7) is 0. The Balaban J connectivity index is 1.64. The molecule has 108 valence electrons. The third kappa shape index (κ3) is 2.35. The lowest BCUT2D eigenvalue weighted by Crippen LogP contribution is -2.08. The van der Waals surface area contributed by atoms with Crippen LogP contribution in [0.5, 0.6) is 0 Å². The average molecular weight is 302 g/mol. The number of tetrazole rings is 1. The van der Waals surface area contributed by atoms with Gasteiger partial charge in [0.2, 0.25) is 5.16 Å². The van der Waals surface area contributed by atoms with E-state index >= 15 is 0 Å². The van der Waals surface area contributed by atoms with E-state index in [-0.39, 0.29) is 0 Å². The molecule has 1 aliphatic carbocycles. The Labute approximate surface area is 124 Å². The number of oxazole rings is 1. The molecule has 1 fully saturated rings. The van der Waals surface area contributed by atoms with E-state index in [0.717, 1.165) is 23.5 Å². The zero-order valence-electron chi connectivity index (χ0n) is 11.3. The smallest absolute Gasteiger partial charge is 0.264 e. The first-order chi connectivity index (χ1) is 10.3. The first-order valence-corrected chi connectivity index (χ1v) is 7.73. The molecule has 0 amide bonds. The normalized spacial score (nSPS) is 16.0. The summed E-state index contributed by atoms with van der Waals surface area (Å²) in [6.07, 6.45) is 4.72. The summed E-state index contributed by atoms with van der Waals surface area (Å²) in [5.41, 5.74) is 7.88. The standard InChI is InChI=1S/C13H14N6OS/c14-8-5-6-11-10(7-8)15-13(20-11)21-12-16-17-18-19(12)9-3-1-2-4-9/h5-7,9H,1-4,14H2. The molecule has 2 aromatic heterocycles. The van der Waals surface area contributed by atoms with Crippen LogP contribution < -0.4 is 5.73 Å². The van der Waals surface area contributed by atoms with Crippen molar-refractivity contribution in [3.8, 4) is 0 Å². The summed E-state index contributed by atoms with van der Waals surface area (Å²) in [4.78, 5) is 4.42. The molecule has 0 aliphatic heterocycles. The van der Waals surface area contributed by atoms with Crippen LogP contribution in [0.3, 0.4) is 0 Å². The molecule has 0 saturated heterocycles. The topological polar surface area (TPSA) is 95.6 Å². The van der Waals surface area contributed by atoms with Crippen molar-refractivity contribution in [1.29, 1.82) is 0 Å². The number of hydrogen-bond acceptors (Lipinski definition) is 7. The van der Waals surface area contributed by atoms with Gasteiger partial charge in [0.05, 0.1) is 6.04 Å². The van der Waals surface area contributed by atoms with E-state index in [1.165, 1.54) is 24.6 Å². The molecule has 3 aromatic rings. The van der Waals surface area contributed by atoms with Gasteiger partial charge in [0.1, 0.15) is 5.52 Å². The molecular formula is C13H14N6OS. The molecule has 0 atom stereocenters. The monoisotopic (exact) mass is 302 g/mol. The fraction of sp³-hybridized carbons (Fsp3) is 0.385. The van der Waals surface area contributed by atoms with Crippen LogP contribution in [-0.4, -0.2) is 25.2 Å². The fourth-order valence-electron chi connectivity index (χ4n) is 2.68. The van der Waals surface area contributed by atoms with E-state index in [1.54, 1.807) is 12.1 Å². The summed E-state index contributed by atoms with van der Waals surface area (Å²) >= 11 is 1.35. The lowest BCUT2D eigenvalue weighted by atomic mass is 10.3. The maximum Gasteiger partial charge on any atom is 0.264 e. The Morgan fingerprint density at radius 2 is 2.14 bits per heavy atom. The number of hydrogen-bond donors (Lipinski definition) is 1. The van der Waals surface area contributed by atoms with Crippen LogP contribution in [0.25, 0.3) is 11.1 Å². The highest BCUT2D eigenvalue weighted by Gasteiger charge is 2.23. The molecule has 1 saturated carbocycles. The first-order valence-electron chi connectivity index (χ1n) is 6.91. The van der Waals surface area contributed by atoms with Crippen LogP contribution in [0, 0.1) is 0 Å². The number of fused-ring (bicyclic) bond motifs is 1. The van der Waals surface area contributed by atoms with Gasteiger partial charge in [0.15, 0.2) is 5.58 Å². The van der Waals surface area contributed by atoms with Gasteiger partial charge >= 0.3 is 0 Å². The minimum atomic E-state index is 0.391. The second-order valence-electron chi connectivity index (χ2n) is 5.15. The number of nitrogens with zero attached hydrogens (tertiary/aromatic N) is 5. The van der Waals surface area contributed by atoms with E-state index in [1.807, 2.05) is 10.7 Å². The molecule has 4 rings (SSSR count). The number of benzene rings is 1. The van der Waals surface area contributed by atoms with Crippen molar-refractivity contribution < 1.29 is 4.42 Å². The molecule has 21 heavy (non-hydrogen) atoms. The summed E-state index contributed by atoms with van der Waals surface area (Å²) in [5, 5.41) is 13.2. The van der Waals surface area contributed by atoms with Crippen molar-refractivity contribution in [3.05, 3.63) is 18.2 Å². The molecule has 2 heterocycles. The lowest BCUT2D eigenvalue weighted by molar-refractivity contribution is 0.420. The molecular weight excluding hydrogens is 288 g/mol. The highest BCUT2D eigenvalue weighted by Crippen LogP contribution is 2.34. The summed E-state index contributed by atoms with van der Waals surface area (Å²) in [5.74, 6) is 0. The summed E-state index contributed by atoms with van der Waals surface area (Å²) < 4.78 is 7.59. The third-order valence-corrected chi connectivity index (χ3v) is 4.50. The molecule has 2 N–H and O–H groups in total. The van der Waals surface area contributed by atoms with Gasteiger partial charge in [0, 0.05) is 17.4 Å². The predicted octanol–water partition coefficient (Wildman–Crippen LogP) is 2.66. The van der Waals surface area contributed by atoms with Crippen molar-refractivity contribution >= 4 is 28.5 Å². The quantitative estimate of drug-likeness (QED) is 0.743. The van der Waals surface area contributed by atoms with Gasteiger partial charge in [-0.3, -0.25) is 0 Å². The second-order valence-corrected chi connectivity index (χ2v) is 6.07. The van der Waals surface area contributed by atoms with Crippen molar-refractivity contribution in [1.82, 2.24) is 25.2 Å². The Hall–Kier alpha value is -2.09. The van der Waals surface area contributed by atoms with Gasteiger partial charge < -0.3 is 10.2 Å². The van der Waals surface area contributed by atoms with Gasteiger partial charge in [0.25, 0.3) is 5.22 Å². The predicted molar refractivity (Wildman–Crippen MR) is 77.9 cm³/mol. The lowest BCUT2D eigenvalue weighted by Gasteiger charge is -2.09. The van der Waals surface area contributed by atoms with Crippen LogP contribution in [0.1, 0.15) is 31.7 Å². The zero-order valence-corrected chi connectivity index (χ0v) is 12.1. The molecule has 1 aliphatic rings. The van der Waals surface area contributed by atoms with E-state index in [0.29, 0.717) is 22.5 Å². The number of aromatic nitrogens is 5. The van der Waals surface area contributed by atoms with Gasteiger partial charge in [-0.1, -0.05) is 12.8 Å². The Kier molecular flexibility index (Phi) is 3.03. The molecule has 7 nitrogen and oxygen atoms in total. The summed E-state index contributed by atoms with van der Waals surface area (Å²) in [7, 11) is 0. The van der Waals surface area contributed by atoms with Gasteiger partial charge in [-0.15, -0.1) is 5.10 Å². The van der Waals surface area contributed by atoms with Gasteiger partial charge in [-0.2, -0.15) is 0 Å². The van der Waals surface area contributed by atoms with Crippen LogP contribution in [0.2, 0.25) is 0 Å². The molecule has 0 radical (unpaired) electrons. The highest BCUT2D eigenvalue weighted by atomic mass is 32.2. The number of nitrogens with two attached hydrogens (primary N) is 1. The van der Waals surface area contributed by atoms with Crippen molar-refractivity contribution in [2.75, 3.05) is 5.73 Å². The minimum absolute atomic E-state index is 0.391. The van der Waals surface area contributed by atoms with Gasteiger partial charge in [-0.25, -0.2) is 9.67 Å². The maximum atomic E-state index is 5.75. The Morgan fingerprint density at radius 3 is 3.00 bits per heavy atom. The second kappa shape index (κ2) is 5.03. The van der Waals surface area contributed by atoms with Gasteiger partial charge in [-0.05, 0) is 41.5 Å². The third-order valence-electron chi connectivity index (χ3n) is 3.70. The average Bonchev–Trinajstić information content (AvgIpc) is 3.16. The minimum Gasteiger partial charge on any atom is -0.431 e. The number of nitrogen functional groups attached to an aromatic ring is 1. The van der Waals surface area contributed by atoms with E-state index in [9.17, 15) is 0 Å². The van der Waals surface area contributed by atoms with Crippen LogP contribution in [-0.2, 0) is 0 Å². The maximum absolute atomic E-state index is 5.75. The highest BCUT2D eigenvalue weighted by molar-refractivity contribution is 7.99. The van der Waals surface area contributed by atoms with Crippen molar-refractivity contribution in [2.45, 2.75) is 42.1 Å². The van der Waals surface area contributed by atoms with Crippen LogP contribution in [0.4, 0.5) is 5.69 Å². The van der Waals surface area contributed by atoms with E-state index in [2.05, 4.69) is 20.5 Å². The fourth-order valence-corrected chi connectivity index (χ4v) is 3.46. The Bertz CT molecular complexity index is 776. The Morgan fingerprint density at radius 1 is 1.29 bits per heavy atom. The van der Waals surface area contributed by atoms with Crippen molar-refractivity contribution in [3.63, 3.8) is 0 Å². The largest absolute Gasteiger partial charge is 0.431 e. The molecule has 1 aromatic carbocycles. The first kappa shape index (κ1) is 12.6. The van der Waals surface area contributed by atoms with E-state index in [4.69, 9.17) is 10.2 Å². The van der Waals surface area contributed by atoms with Crippen molar-refractivity contribution in [2.24, 2.45) is 0 Å². The number of anilines is 1. The van der Waals surface area contributed by atoms with E-state index < -0.39 is 0 Å². The number of rotatable bonds is 3. The summed E-state index contributed by atoms with van der Waals surface area (Å²) in [6, 6.07) is 5.80. The van der Waals surface area contributed by atoms with Crippen LogP contribution in [0.15, 0.2) is 33.0 Å². The van der Waals surface area contributed by atoms with Crippen LogP contribution >= 0.6 is 11.8 Å².